The Morgan fingerprint density at radius 3 is 2.69 bits per heavy atom. The smallest absolute Gasteiger partial charge is 0.273 e. The van der Waals surface area contributed by atoms with Gasteiger partial charge in [-0.25, -0.2) is 14.6 Å². The Hall–Kier alpha value is -3.33. The highest BCUT2D eigenvalue weighted by atomic mass is 79.9. The van der Waals surface area contributed by atoms with Crippen molar-refractivity contribution in [1.29, 1.82) is 0 Å². The summed E-state index contributed by atoms with van der Waals surface area (Å²) in [7, 11) is 0. The predicted octanol–water partition coefficient (Wildman–Crippen LogP) is 3.07. The zero-order valence-electron chi connectivity index (χ0n) is 13.3. The molecule has 0 aliphatic rings. The molecule has 0 aliphatic carbocycles. The van der Waals surface area contributed by atoms with Crippen molar-refractivity contribution in [3.05, 3.63) is 71.5 Å². The molecule has 0 radical (unpaired) electrons. The Labute approximate surface area is 156 Å². The summed E-state index contributed by atoms with van der Waals surface area (Å²) in [5.74, 6) is 0.315. The van der Waals surface area contributed by atoms with Crippen molar-refractivity contribution in [2.24, 2.45) is 0 Å². The molecule has 0 spiro atoms. The average molecular weight is 410 g/mol. The second kappa shape index (κ2) is 6.89. The van der Waals surface area contributed by atoms with Gasteiger partial charge in [0.1, 0.15) is 18.3 Å². The molecule has 1 amide bonds. The number of benzene rings is 1. The van der Waals surface area contributed by atoms with Crippen LogP contribution in [0, 0.1) is 0 Å². The lowest BCUT2D eigenvalue weighted by Crippen LogP contribution is -2.12. The number of nitrogens with one attached hydrogen (secondary N) is 2. The largest absolute Gasteiger partial charge is 0.319 e. The Balaban J connectivity index is 1.47. The minimum Gasteiger partial charge on any atom is -0.319 e. The van der Waals surface area contributed by atoms with Crippen LogP contribution in [0.3, 0.4) is 0 Å². The fourth-order valence-corrected chi connectivity index (χ4v) is 2.59. The van der Waals surface area contributed by atoms with E-state index in [9.17, 15) is 4.79 Å². The van der Waals surface area contributed by atoms with E-state index < -0.39 is 0 Å². The molecule has 26 heavy (non-hydrogen) atoms. The van der Waals surface area contributed by atoms with E-state index >= 15 is 0 Å². The minimum atomic E-state index is -0.295. The molecule has 1 aromatic carbocycles. The molecule has 0 saturated heterocycles. The number of carbonyl (C=O) groups is 1. The number of halogens is 1. The lowest BCUT2D eigenvalue weighted by atomic mass is 10.1. The van der Waals surface area contributed by atoms with Gasteiger partial charge >= 0.3 is 0 Å². The molecule has 0 unspecified atom stereocenters. The van der Waals surface area contributed by atoms with E-state index in [1.54, 1.807) is 30.7 Å². The summed E-state index contributed by atoms with van der Waals surface area (Å²) < 4.78 is 2.52. The molecule has 0 aliphatic heterocycles. The Kier molecular flexibility index (Phi) is 4.28. The fourth-order valence-electron chi connectivity index (χ4n) is 2.33. The first kappa shape index (κ1) is 16.2. The number of H-pyrrole nitrogens is 1. The average Bonchev–Trinajstić information content (AvgIpc) is 3.35. The van der Waals surface area contributed by atoms with Crippen molar-refractivity contribution < 1.29 is 4.79 Å². The third kappa shape index (κ3) is 3.38. The van der Waals surface area contributed by atoms with E-state index in [0.717, 1.165) is 10.0 Å². The molecule has 3 heterocycles. The Bertz CT molecular complexity index is 1020. The number of aromatic amines is 1. The summed E-state index contributed by atoms with van der Waals surface area (Å²) in [5, 5.41) is 13.7. The number of anilines is 1. The van der Waals surface area contributed by atoms with Gasteiger partial charge in [-0.05, 0) is 30.3 Å². The van der Waals surface area contributed by atoms with Gasteiger partial charge in [0.05, 0.1) is 17.6 Å². The van der Waals surface area contributed by atoms with Crippen LogP contribution in [0.5, 0.6) is 0 Å². The van der Waals surface area contributed by atoms with Gasteiger partial charge < -0.3 is 5.32 Å². The van der Waals surface area contributed by atoms with E-state index in [2.05, 4.69) is 46.5 Å². The summed E-state index contributed by atoms with van der Waals surface area (Å²) in [4.78, 5) is 20.5. The van der Waals surface area contributed by atoms with Crippen LogP contribution in [0.1, 0.15) is 10.5 Å². The van der Waals surface area contributed by atoms with Gasteiger partial charge in [-0.2, -0.15) is 10.2 Å². The topological polar surface area (TPSA) is 101 Å². The molecule has 0 atom stereocenters. The molecule has 3 aromatic heterocycles. The van der Waals surface area contributed by atoms with E-state index in [1.807, 2.05) is 24.3 Å². The zero-order valence-corrected chi connectivity index (χ0v) is 14.9. The van der Waals surface area contributed by atoms with Gasteiger partial charge in [0, 0.05) is 10.0 Å². The highest BCUT2D eigenvalue weighted by Crippen LogP contribution is 2.21. The van der Waals surface area contributed by atoms with Crippen LogP contribution in [0.15, 0.2) is 65.8 Å². The van der Waals surface area contributed by atoms with Gasteiger partial charge in [0.2, 0.25) is 0 Å². The third-order valence-corrected chi connectivity index (χ3v) is 4.15. The van der Waals surface area contributed by atoms with E-state index in [1.165, 1.54) is 11.0 Å². The number of nitrogens with zero attached hydrogens (tertiary/aromatic N) is 5. The van der Waals surface area contributed by atoms with E-state index in [-0.39, 0.29) is 5.91 Å². The summed E-state index contributed by atoms with van der Waals surface area (Å²) in [6.45, 7) is 0. The molecule has 9 heteroatoms. The van der Waals surface area contributed by atoms with Crippen molar-refractivity contribution >= 4 is 27.5 Å². The first-order valence-corrected chi connectivity index (χ1v) is 8.42. The van der Waals surface area contributed by atoms with Crippen LogP contribution in [0.2, 0.25) is 0 Å². The Morgan fingerprint density at radius 1 is 1.15 bits per heavy atom. The molecule has 8 nitrogen and oxygen atoms in total. The monoisotopic (exact) mass is 409 g/mol. The minimum absolute atomic E-state index is 0.295. The number of amides is 1. The van der Waals surface area contributed by atoms with Gasteiger partial charge in [-0.3, -0.25) is 9.89 Å². The number of carbonyl (C=O) groups excluding carboxylic acids is 1. The summed E-state index contributed by atoms with van der Waals surface area (Å²) >= 11 is 3.39. The highest BCUT2D eigenvalue weighted by Gasteiger charge is 2.12. The second-order valence-electron chi connectivity index (χ2n) is 5.37. The summed E-state index contributed by atoms with van der Waals surface area (Å²) in [6, 6.07) is 12.9. The molecule has 4 rings (SSSR count). The SMILES string of the molecule is O=C(Nc1ccc(-n2cncn2)nc1)c1cc(-c2ccc(Br)cc2)n[nH]1. The van der Waals surface area contributed by atoms with Crippen LogP contribution in [0.4, 0.5) is 5.69 Å². The maximum atomic E-state index is 12.4. The van der Waals surface area contributed by atoms with E-state index in [4.69, 9.17) is 0 Å². The maximum Gasteiger partial charge on any atom is 0.273 e. The van der Waals surface area contributed by atoms with Crippen molar-refractivity contribution in [2.75, 3.05) is 5.32 Å². The van der Waals surface area contributed by atoms with Crippen molar-refractivity contribution in [3.8, 4) is 17.1 Å². The first-order chi connectivity index (χ1) is 12.7. The van der Waals surface area contributed by atoms with Crippen LogP contribution < -0.4 is 5.32 Å². The normalized spacial score (nSPS) is 10.7. The summed E-state index contributed by atoms with van der Waals surface area (Å²) in [5.41, 5.74) is 2.55. The van der Waals surface area contributed by atoms with Crippen LogP contribution in [0.25, 0.3) is 17.1 Å². The molecule has 4 aromatic rings. The van der Waals surface area contributed by atoms with Gasteiger partial charge in [0.15, 0.2) is 5.82 Å². The van der Waals surface area contributed by atoms with Gasteiger partial charge in [-0.1, -0.05) is 28.1 Å². The molecular weight excluding hydrogens is 398 g/mol. The lowest BCUT2D eigenvalue weighted by Gasteiger charge is -2.04. The van der Waals surface area contributed by atoms with Crippen LogP contribution >= 0.6 is 15.9 Å². The number of rotatable bonds is 4. The van der Waals surface area contributed by atoms with Crippen LogP contribution in [-0.2, 0) is 0 Å². The van der Waals surface area contributed by atoms with Crippen LogP contribution in [-0.4, -0.2) is 35.9 Å². The Morgan fingerprint density at radius 2 is 2.00 bits per heavy atom. The van der Waals surface area contributed by atoms with Gasteiger partial charge in [-0.15, -0.1) is 0 Å². The van der Waals surface area contributed by atoms with E-state index in [0.29, 0.717) is 22.9 Å². The number of hydrogen-bond donors (Lipinski definition) is 2. The predicted molar refractivity (Wildman–Crippen MR) is 98.8 cm³/mol. The van der Waals surface area contributed by atoms with Gasteiger partial charge in [0.25, 0.3) is 5.91 Å². The highest BCUT2D eigenvalue weighted by molar-refractivity contribution is 9.10. The molecular formula is C17H12BrN7O. The fraction of sp³-hybridized carbons (Fsp3) is 0. The maximum absolute atomic E-state index is 12.4. The molecule has 0 fully saturated rings. The molecule has 0 bridgehead atoms. The number of aromatic nitrogens is 6. The molecule has 128 valence electrons. The first-order valence-electron chi connectivity index (χ1n) is 7.63. The second-order valence-corrected chi connectivity index (χ2v) is 6.29. The lowest BCUT2D eigenvalue weighted by molar-refractivity contribution is 0.102. The number of hydrogen-bond acceptors (Lipinski definition) is 5. The molecule has 0 saturated carbocycles. The van der Waals surface area contributed by atoms with Crippen molar-refractivity contribution in [1.82, 2.24) is 29.9 Å². The number of pyridine rings is 1. The van der Waals surface area contributed by atoms with Crippen molar-refractivity contribution in [2.45, 2.75) is 0 Å². The third-order valence-electron chi connectivity index (χ3n) is 3.62. The summed E-state index contributed by atoms with van der Waals surface area (Å²) in [6.07, 6.45) is 4.54. The quantitative estimate of drug-likeness (QED) is 0.539. The zero-order chi connectivity index (χ0) is 17.9. The van der Waals surface area contributed by atoms with Crippen molar-refractivity contribution in [3.63, 3.8) is 0 Å². The molecule has 2 N–H and O–H groups in total. The standard InChI is InChI=1S/C17H12BrN7O/c18-12-3-1-11(2-4-12)14-7-15(24-23-14)17(26)22-13-5-6-16(20-8-13)25-10-19-9-21-25/h1-10H,(H,22,26)(H,23,24).